The van der Waals surface area contributed by atoms with Crippen LogP contribution in [0.3, 0.4) is 0 Å². The molecule has 0 radical (unpaired) electrons. The third-order valence-corrected chi connectivity index (χ3v) is 11.2. The molecule has 258 valence electrons. The first kappa shape index (κ1) is 33.6. The van der Waals surface area contributed by atoms with Gasteiger partial charge >= 0.3 is 6.01 Å². The smallest absolute Gasteiger partial charge is 0.317 e. The summed E-state index contributed by atoms with van der Waals surface area (Å²) in [6.45, 7) is 9.22. The van der Waals surface area contributed by atoms with Crippen molar-refractivity contribution in [2.75, 3.05) is 6.54 Å². The number of rotatable bonds is 13. The minimum atomic E-state index is -3.88. The Morgan fingerprint density at radius 3 is 2.54 bits per heavy atom. The van der Waals surface area contributed by atoms with Gasteiger partial charge < -0.3 is 24.7 Å². The number of likely N-dealkylation sites (tertiary alicyclic amines) is 1. The zero-order valence-electron chi connectivity index (χ0n) is 27.3. The molecule has 0 aromatic carbocycles. The summed E-state index contributed by atoms with van der Waals surface area (Å²) in [5.41, 5.74) is -1.76. The summed E-state index contributed by atoms with van der Waals surface area (Å²) in [5.74, 6) is -1.89. The summed E-state index contributed by atoms with van der Waals surface area (Å²) < 4.78 is 38.9. The Morgan fingerprint density at radius 1 is 1.19 bits per heavy atom. The second-order valence-electron chi connectivity index (χ2n) is 14.4. The van der Waals surface area contributed by atoms with E-state index >= 15 is 0 Å². The molecule has 4 fully saturated rings. The molecule has 2 unspecified atom stereocenters. The van der Waals surface area contributed by atoms with Crippen molar-refractivity contribution in [3.63, 3.8) is 0 Å². The van der Waals surface area contributed by atoms with Crippen molar-refractivity contribution in [2.24, 2.45) is 17.3 Å². The fourth-order valence-electron chi connectivity index (χ4n) is 6.12. The third kappa shape index (κ3) is 7.25. The Kier molecular flexibility index (Phi) is 8.85. The van der Waals surface area contributed by atoms with Crippen LogP contribution in [0.25, 0.3) is 11.5 Å². The van der Waals surface area contributed by atoms with Gasteiger partial charge in [-0.15, -0.1) is 6.58 Å². The molecule has 14 nitrogen and oxygen atoms in total. The highest BCUT2D eigenvalue weighted by Crippen LogP contribution is 2.45. The monoisotopic (exact) mass is 682 g/mol. The van der Waals surface area contributed by atoms with E-state index in [2.05, 4.69) is 31.9 Å². The van der Waals surface area contributed by atoms with Crippen LogP contribution in [0.4, 0.5) is 0 Å². The van der Waals surface area contributed by atoms with Crippen molar-refractivity contribution in [3.8, 4) is 17.5 Å². The second-order valence-corrected chi connectivity index (χ2v) is 16.3. The van der Waals surface area contributed by atoms with E-state index in [0.717, 1.165) is 12.8 Å². The standard InChI is InChI=1S/C33H42N6O8S/c1-5-20-17-33(20,30(43)38-48(44,45)22-10-11-22)37-28(41)24-16-21(47-31-34-13-12-23(35-31)25-7-6-14-46-25)18-39(24)29(42)27(32(2,3)4)36-26(40)15-19-8-9-19/h5-7,12-14,19-22,24,27H,1,8-11,15-18H2,2-4H3,(H,36,40)(H,37,41)(H,38,43)/t20?,21-,24?,27-,33-/m1/s1. The normalized spacial score (nSPS) is 25.9. The van der Waals surface area contributed by atoms with Crippen molar-refractivity contribution in [1.82, 2.24) is 30.2 Å². The van der Waals surface area contributed by atoms with Crippen molar-refractivity contribution >= 4 is 33.7 Å². The van der Waals surface area contributed by atoms with Gasteiger partial charge in [-0.3, -0.25) is 23.9 Å². The van der Waals surface area contributed by atoms with Gasteiger partial charge in [-0.2, -0.15) is 4.98 Å². The lowest BCUT2D eigenvalue weighted by Crippen LogP contribution is -2.60. The molecule has 3 heterocycles. The highest BCUT2D eigenvalue weighted by Gasteiger charge is 2.62. The number of hydrogen-bond acceptors (Lipinski definition) is 10. The lowest BCUT2D eigenvalue weighted by Gasteiger charge is -2.35. The highest BCUT2D eigenvalue weighted by molar-refractivity contribution is 7.91. The zero-order valence-corrected chi connectivity index (χ0v) is 28.1. The van der Waals surface area contributed by atoms with Crippen LogP contribution < -0.4 is 20.1 Å². The van der Waals surface area contributed by atoms with Crippen LogP contribution in [0.15, 0.2) is 47.7 Å². The first-order valence-electron chi connectivity index (χ1n) is 16.3. The Bertz CT molecular complexity index is 1700. The topological polar surface area (TPSA) is 190 Å². The van der Waals surface area contributed by atoms with Gasteiger partial charge in [0.2, 0.25) is 27.7 Å². The molecule has 1 saturated heterocycles. The number of carbonyl (C=O) groups excluding carboxylic acids is 4. The van der Waals surface area contributed by atoms with Crippen molar-refractivity contribution in [1.29, 1.82) is 0 Å². The van der Waals surface area contributed by atoms with Crippen LogP contribution in [0.2, 0.25) is 0 Å². The van der Waals surface area contributed by atoms with Gasteiger partial charge in [-0.25, -0.2) is 13.4 Å². The van der Waals surface area contributed by atoms with E-state index in [1.54, 1.807) is 18.2 Å². The van der Waals surface area contributed by atoms with Crippen molar-refractivity contribution in [2.45, 2.75) is 94.7 Å². The van der Waals surface area contributed by atoms with Crippen LogP contribution in [-0.4, -0.2) is 82.4 Å². The maximum absolute atomic E-state index is 14.3. The molecule has 2 aromatic heterocycles. The molecule has 4 amide bonds. The number of sulfonamides is 1. The molecule has 15 heteroatoms. The zero-order chi connectivity index (χ0) is 34.4. The number of ether oxygens (including phenoxy) is 1. The first-order chi connectivity index (χ1) is 22.7. The molecule has 48 heavy (non-hydrogen) atoms. The Balaban J connectivity index is 1.25. The van der Waals surface area contributed by atoms with E-state index in [1.807, 2.05) is 20.8 Å². The Morgan fingerprint density at radius 2 is 1.94 bits per heavy atom. The molecule has 0 bridgehead atoms. The lowest BCUT2D eigenvalue weighted by atomic mass is 9.85. The second kappa shape index (κ2) is 12.6. The van der Waals surface area contributed by atoms with Crippen LogP contribution >= 0.6 is 0 Å². The minimum absolute atomic E-state index is 0.0162. The van der Waals surface area contributed by atoms with E-state index in [9.17, 15) is 27.6 Å². The van der Waals surface area contributed by atoms with Gasteiger partial charge in [0.1, 0.15) is 29.4 Å². The largest absolute Gasteiger partial charge is 0.463 e. The van der Waals surface area contributed by atoms with Gasteiger partial charge in [0.05, 0.1) is 18.1 Å². The number of aromatic nitrogens is 2. The predicted molar refractivity (Wildman–Crippen MR) is 172 cm³/mol. The molecule has 6 rings (SSSR count). The molecule has 0 spiro atoms. The summed E-state index contributed by atoms with van der Waals surface area (Å²) >= 11 is 0. The quantitative estimate of drug-likeness (QED) is 0.264. The SMILES string of the molecule is C=CC1C[C@]1(NC(=O)C1C[C@@H](Oc2nccc(-c3ccco3)n2)CN1C(=O)[C@@H](NC(=O)CC1CC1)C(C)(C)C)C(=O)NS(=O)(=O)C1CC1. The highest BCUT2D eigenvalue weighted by atomic mass is 32.2. The van der Waals surface area contributed by atoms with E-state index in [-0.39, 0.29) is 31.3 Å². The fourth-order valence-corrected chi connectivity index (χ4v) is 7.48. The maximum atomic E-state index is 14.3. The average molecular weight is 683 g/mol. The van der Waals surface area contributed by atoms with Crippen LogP contribution in [0.1, 0.15) is 65.7 Å². The molecule has 3 saturated carbocycles. The number of nitrogens with zero attached hydrogens (tertiary/aromatic N) is 3. The maximum Gasteiger partial charge on any atom is 0.317 e. The van der Waals surface area contributed by atoms with E-state index < -0.39 is 68.1 Å². The number of hydrogen-bond donors (Lipinski definition) is 3. The predicted octanol–water partition coefficient (Wildman–Crippen LogP) is 2.09. The minimum Gasteiger partial charge on any atom is -0.463 e. The Labute approximate surface area is 279 Å². The molecular formula is C33H42N6O8S. The van der Waals surface area contributed by atoms with Crippen molar-refractivity contribution < 1.29 is 36.7 Å². The summed E-state index contributed by atoms with van der Waals surface area (Å²) in [4.78, 5) is 64.7. The molecule has 3 N–H and O–H groups in total. The average Bonchev–Trinajstić information content (AvgIpc) is 3.98. The van der Waals surface area contributed by atoms with Gasteiger partial charge in [-0.1, -0.05) is 26.8 Å². The van der Waals surface area contributed by atoms with Gasteiger partial charge in [0, 0.05) is 25.0 Å². The third-order valence-electron chi connectivity index (χ3n) is 9.37. The summed E-state index contributed by atoms with van der Waals surface area (Å²) in [5, 5.41) is 5.05. The number of carbonyl (C=O) groups is 4. The first-order valence-corrected chi connectivity index (χ1v) is 17.9. The molecule has 5 atom stereocenters. The van der Waals surface area contributed by atoms with Crippen LogP contribution in [0, 0.1) is 17.3 Å². The number of nitrogens with one attached hydrogen (secondary N) is 3. The van der Waals surface area contributed by atoms with E-state index in [0.29, 0.717) is 36.6 Å². The molecule has 1 aliphatic heterocycles. The van der Waals surface area contributed by atoms with E-state index in [1.165, 1.54) is 23.4 Å². The van der Waals surface area contributed by atoms with Crippen molar-refractivity contribution in [3.05, 3.63) is 43.3 Å². The van der Waals surface area contributed by atoms with E-state index in [4.69, 9.17) is 9.15 Å². The Hall–Kier alpha value is -4.27. The molecule has 4 aliphatic rings. The number of amides is 4. The van der Waals surface area contributed by atoms with Gasteiger partial charge in [0.15, 0.2) is 5.76 Å². The van der Waals surface area contributed by atoms with Gasteiger partial charge in [0.25, 0.3) is 5.91 Å². The van der Waals surface area contributed by atoms with Crippen LogP contribution in [-0.2, 0) is 29.2 Å². The summed E-state index contributed by atoms with van der Waals surface area (Å²) in [6, 6.07) is 3.06. The number of furan rings is 1. The van der Waals surface area contributed by atoms with Gasteiger partial charge in [-0.05, 0) is 61.6 Å². The summed E-state index contributed by atoms with van der Waals surface area (Å²) in [6.07, 6.45) is 7.18. The molecule has 3 aliphatic carbocycles. The molecule has 2 aromatic rings. The fraction of sp³-hybridized carbons (Fsp3) is 0.576. The molecular weight excluding hydrogens is 640 g/mol. The van der Waals surface area contributed by atoms with Crippen LogP contribution in [0.5, 0.6) is 6.01 Å². The summed E-state index contributed by atoms with van der Waals surface area (Å²) in [7, 11) is -3.88. The lowest BCUT2D eigenvalue weighted by molar-refractivity contribution is -0.144.